The van der Waals surface area contributed by atoms with E-state index >= 15 is 0 Å². The van der Waals surface area contributed by atoms with Gasteiger partial charge in [0.2, 0.25) is 5.75 Å². The highest BCUT2D eigenvalue weighted by Gasteiger charge is 2.39. The van der Waals surface area contributed by atoms with E-state index in [9.17, 15) is 23.2 Å². The molecule has 0 aliphatic carbocycles. The van der Waals surface area contributed by atoms with E-state index in [1.807, 2.05) is 36.4 Å². The van der Waals surface area contributed by atoms with Crippen molar-refractivity contribution in [3.8, 4) is 23.3 Å². The van der Waals surface area contributed by atoms with Gasteiger partial charge in [0, 0.05) is 10.0 Å². The third-order valence-electron chi connectivity index (χ3n) is 5.37. The Hall–Kier alpha value is -3.88. The van der Waals surface area contributed by atoms with Crippen molar-refractivity contribution in [2.24, 2.45) is 0 Å². The molecule has 0 spiro atoms. The fraction of sp³-hybridized carbons (Fsp3) is 0.154. The van der Waals surface area contributed by atoms with E-state index in [0.29, 0.717) is 10.2 Å². The van der Waals surface area contributed by atoms with Gasteiger partial charge in [0.1, 0.15) is 12.4 Å². The smallest absolute Gasteiger partial charge is 0.437 e. The molecule has 0 unspecified atom stereocenters. The highest BCUT2D eigenvalue weighted by atomic mass is 79.9. The standard InChI is InChI=1S/C26H17BrClF3N4O3/c1-15-17(10-32)7-18(27)8-21(15)38-23-24(26(29,30)31)34-14-35(25(23)36)12-19-9-20(28)22(11-33-19)37-13-16-5-3-2-4-6-16/h2-9,11,14H,12-13H2,1H3. The van der Waals surface area contributed by atoms with Gasteiger partial charge in [-0.2, -0.15) is 18.4 Å². The Balaban J connectivity index is 1.64. The normalized spacial score (nSPS) is 11.2. The van der Waals surface area contributed by atoms with Crippen LogP contribution in [-0.4, -0.2) is 14.5 Å². The highest BCUT2D eigenvalue weighted by Crippen LogP contribution is 2.36. The molecular weight excluding hydrogens is 589 g/mol. The van der Waals surface area contributed by atoms with Gasteiger partial charge in [-0.3, -0.25) is 14.3 Å². The maximum absolute atomic E-state index is 13.7. The van der Waals surface area contributed by atoms with E-state index in [1.54, 1.807) is 0 Å². The lowest BCUT2D eigenvalue weighted by molar-refractivity contribution is -0.142. The number of benzene rings is 2. The van der Waals surface area contributed by atoms with E-state index in [2.05, 4.69) is 25.9 Å². The molecule has 0 fully saturated rings. The molecule has 0 aliphatic rings. The minimum atomic E-state index is -4.97. The van der Waals surface area contributed by atoms with Crippen LogP contribution in [0.4, 0.5) is 13.2 Å². The molecule has 2 heterocycles. The zero-order chi connectivity index (χ0) is 27.4. The summed E-state index contributed by atoms with van der Waals surface area (Å²) in [5.74, 6) is -0.822. The van der Waals surface area contributed by atoms with Crippen molar-refractivity contribution in [1.29, 1.82) is 5.26 Å². The number of aromatic nitrogens is 3. The summed E-state index contributed by atoms with van der Waals surface area (Å²) < 4.78 is 53.6. The predicted octanol–water partition coefficient (Wildman–Crippen LogP) is 6.67. The Bertz CT molecular complexity index is 1590. The summed E-state index contributed by atoms with van der Waals surface area (Å²) in [7, 11) is 0. The van der Waals surface area contributed by atoms with Gasteiger partial charge in [-0.25, -0.2) is 4.98 Å². The Morgan fingerprint density at radius 2 is 1.87 bits per heavy atom. The SMILES string of the molecule is Cc1c(C#N)cc(Br)cc1Oc1c(C(F)(F)F)ncn(Cc2cc(Cl)c(OCc3ccccc3)cn2)c1=O. The minimum absolute atomic E-state index is 0.0980. The van der Waals surface area contributed by atoms with Crippen molar-refractivity contribution in [3.63, 3.8) is 0 Å². The monoisotopic (exact) mass is 604 g/mol. The lowest BCUT2D eigenvalue weighted by Crippen LogP contribution is -2.27. The molecule has 2 aromatic heterocycles. The molecular formula is C26H17BrClF3N4O3. The van der Waals surface area contributed by atoms with E-state index in [-0.39, 0.29) is 40.7 Å². The van der Waals surface area contributed by atoms with Gasteiger partial charge in [-0.1, -0.05) is 57.9 Å². The number of pyridine rings is 1. The van der Waals surface area contributed by atoms with Crippen LogP contribution in [0, 0.1) is 18.3 Å². The molecule has 194 valence electrons. The van der Waals surface area contributed by atoms with Crippen molar-refractivity contribution in [1.82, 2.24) is 14.5 Å². The quantitative estimate of drug-likeness (QED) is 0.234. The summed E-state index contributed by atoms with van der Waals surface area (Å²) in [6.45, 7) is 1.52. The molecule has 0 aliphatic heterocycles. The van der Waals surface area contributed by atoms with E-state index in [4.69, 9.17) is 21.1 Å². The van der Waals surface area contributed by atoms with Crippen LogP contribution < -0.4 is 15.0 Å². The van der Waals surface area contributed by atoms with Gasteiger partial charge in [-0.05, 0) is 30.7 Å². The molecule has 0 amide bonds. The average molecular weight is 606 g/mol. The fourth-order valence-corrected chi connectivity index (χ4v) is 4.09. The first-order chi connectivity index (χ1) is 18.1. The number of rotatable bonds is 7. The number of alkyl halides is 3. The second-order valence-electron chi connectivity index (χ2n) is 8.02. The Morgan fingerprint density at radius 1 is 1.13 bits per heavy atom. The van der Waals surface area contributed by atoms with Crippen molar-refractivity contribution in [2.45, 2.75) is 26.3 Å². The number of hydrogen-bond donors (Lipinski definition) is 0. The molecule has 0 saturated carbocycles. The van der Waals surface area contributed by atoms with Crippen LogP contribution >= 0.6 is 27.5 Å². The van der Waals surface area contributed by atoms with E-state index in [1.165, 1.54) is 31.3 Å². The molecule has 7 nitrogen and oxygen atoms in total. The number of hydrogen-bond acceptors (Lipinski definition) is 6. The molecule has 0 N–H and O–H groups in total. The molecule has 0 radical (unpaired) electrons. The lowest BCUT2D eigenvalue weighted by atomic mass is 10.1. The first-order valence-electron chi connectivity index (χ1n) is 10.9. The molecule has 4 rings (SSSR count). The Labute approximate surface area is 228 Å². The van der Waals surface area contributed by atoms with Crippen LogP contribution in [0.2, 0.25) is 5.02 Å². The van der Waals surface area contributed by atoms with Crippen molar-refractivity contribution in [2.75, 3.05) is 0 Å². The first-order valence-corrected chi connectivity index (χ1v) is 12.1. The van der Waals surface area contributed by atoms with Crippen LogP contribution in [0.25, 0.3) is 0 Å². The number of nitrogens with zero attached hydrogens (tertiary/aromatic N) is 4. The van der Waals surface area contributed by atoms with Gasteiger partial charge < -0.3 is 9.47 Å². The zero-order valence-electron chi connectivity index (χ0n) is 19.6. The second-order valence-corrected chi connectivity index (χ2v) is 9.35. The van der Waals surface area contributed by atoms with Crippen LogP contribution in [0.1, 0.15) is 28.1 Å². The molecule has 0 atom stereocenters. The maximum Gasteiger partial charge on any atom is 0.437 e. The molecule has 0 saturated heterocycles. The lowest BCUT2D eigenvalue weighted by Gasteiger charge is -2.16. The van der Waals surface area contributed by atoms with Crippen LogP contribution in [0.3, 0.4) is 0 Å². The maximum atomic E-state index is 13.7. The Morgan fingerprint density at radius 3 is 2.53 bits per heavy atom. The molecule has 4 aromatic rings. The van der Waals surface area contributed by atoms with Crippen LogP contribution in [0.5, 0.6) is 17.2 Å². The minimum Gasteiger partial charge on any atom is -0.486 e. The molecule has 0 bridgehead atoms. The first kappa shape index (κ1) is 27.2. The molecule has 12 heteroatoms. The van der Waals surface area contributed by atoms with Crippen molar-refractivity contribution in [3.05, 3.63) is 109 Å². The number of halogens is 5. The third kappa shape index (κ3) is 6.15. The van der Waals surface area contributed by atoms with Crippen molar-refractivity contribution < 1.29 is 22.6 Å². The second kappa shape index (κ2) is 11.2. The fourth-order valence-electron chi connectivity index (χ4n) is 3.42. The van der Waals surface area contributed by atoms with E-state index < -0.39 is 23.2 Å². The highest BCUT2D eigenvalue weighted by molar-refractivity contribution is 9.10. The van der Waals surface area contributed by atoms with Gasteiger partial charge >= 0.3 is 6.18 Å². The number of nitriles is 1. The molecule has 2 aromatic carbocycles. The van der Waals surface area contributed by atoms with Gasteiger partial charge in [0.05, 0.1) is 41.4 Å². The van der Waals surface area contributed by atoms with Gasteiger partial charge in [0.25, 0.3) is 5.56 Å². The predicted molar refractivity (Wildman–Crippen MR) is 136 cm³/mol. The summed E-state index contributed by atoms with van der Waals surface area (Å²) >= 11 is 9.50. The van der Waals surface area contributed by atoms with Crippen LogP contribution in [-0.2, 0) is 19.3 Å². The Kier molecular flexibility index (Phi) is 8.04. The van der Waals surface area contributed by atoms with Crippen LogP contribution in [0.15, 0.2) is 70.3 Å². The summed E-state index contributed by atoms with van der Waals surface area (Å²) in [5.41, 5.74) is -0.953. The summed E-state index contributed by atoms with van der Waals surface area (Å²) in [6, 6.07) is 15.6. The summed E-state index contributed by atoms with van der Waals surface area (Å²) in [6.07, 6.45) is -2.83. The largest absolute Gasteiger partial charge is 0.486 e. The van der Waals surface area contributed by atoms with Gasteiger partial charge in [-0.15, -0.1) is 0 Å². The molecule has 38 heavy (non-hydrogen) atoms. The summed E-state index contributed by atoms with van der Waals surface area (Å²) in [4.78, 5) is 20.8. The zero-order valence-corrected chi connectivity index (χ0v) is 21.9. The summed E-state index contributed by atoms with van der Waals surface area (Å²) in [5, 5.41) is 9.51. The van der Waals surface area contributed by atoms with E-state index in [0.717, 1.165) is 16.5 Å². The average Bonchev–Trinajstić information content (AvgIpc) is 2.87. The number of ether oxygens (including phenoxy) is 2. The topological polar surface area (TPSA) is 90.0 Å². The van der Waals surface area contributed by atoms with Gasteiger partial charge in [0.15, 0.2) is 11.4 Å². The van der Waals surface area contributed by atoms with Crippen molar-refractivity contribution >= 4 is 27.5 Å². The third-order valence-corrected chi connectivity index (χ3v) is 6.12.